The maximum absolute atomic E-state index is 12.3. The van der Waals surface area contributed by atoms with Crippen molar-refractivity contribution >= 4 is 40.9 Å². The molecule has 1 fully saturated rings. The van der Waals surface area contributed by atoms with Crippen LogP contribution in [0.1, 0.15) is 17.3 Å². The molecule has 1 aliphatic rings. The van der Waals surface area contributed by atoms with Crippen LogP contribution in [0.15, 0.2) is 12.3 Å². The fraction of sp³-hybridized carbons (Fsp3) is 0.455. The molecule has 1 aliphatic heterocycles. The van der Waals surface area contributed by atoms with Gasteiger partial charge in [-0.1, -0.05) is 30.1 Å². The quantitative estimate of drug-likeness (QED) is 0.746. The maximum atomic E-state index is 12.3. The second-order valence-electron chi connectivity index (χ2n) is 3.92. The van der Waals surface area contributed by atoms with Crippen LogP contribution in [-0.2, 0) is 0 Å². The predicted molar refractivity (Wildman–Crippen MR) is 72.1 cm³/mol. The van der Waals surface area contributed by atoms with Crippen LogP contribution >= 0.6 is 35.0 Å². The van der Waals surface area contributed by atoms with Gasteiger partial charge in [0.05, 0.1) is 10.6 Å². The molecule has 0 N–H and O–H groups in total. The van der Waals surface area contributed by atoms with Crippen LogP contribution in [0.3, 0.4) is 0 Å². The highest BCUT2D eigenvalue weighted by atomic mass is 35.5. The number of thioether (sulfide) groups is 1. The lowest BCUT2D eigenvalue weighted by Crippen LogP contribution is -2.41. The van der Waals surface area contributed by atoms with Gasteiger partial charge in [0.2, 0.25) is 0 Å². The van der Waals surface area contributed by atoms with Crippen molar-refractivity contribution in [1.29, 1.82) is 0 Å². The third-order valence-corrected chi connectivity index (χ3v) is 4.22. The SMILES string of the molecule is CC1CN(C(=O)c2cc(Cl)ncc2Cl)CCS1. The fourth-order valence-corrected chi connectivity index (χ4v) is 3.11. The maximum Gasteiger partial charge on any atom is 0.255 e. The Morgan fingerprint density at radius 2 is 2.35 bits per heavy atom. The van der Waals surface area contributed by atoms with Gasteiger partial charge in [-0.3, -0.25) is 4.79 Å². The first-order valence-electron chi connectivity index (χ1n) is 5.30. The Hall–Kier alpha value is -0.450. The van der Waals surface area contributed by atoms with Crippen LogP contribution < -0.4 is 0 Å². The van der Waals surface area contributed by atoms with Crippen molar-refractivity contribution in [2.24, 2.45) is 0 Å². The highest BCUT2D eigenvalue weighted by Gasteiger charge is 2.24. The van der Waals surface area contributed by atoms with Crippen LogP contribution in [0, 0.1) is 0 Å². The Bertz CT molecular complexity index is 441. The van der Waals surface area contributed by atoms with Crippen LogP contribution in [0.25, 0.3) is 0 Å². The van der Waals surface area contributed by atoms with Gasteiger partial charge in [-0.15, -0.1) is 0 Å². The topological polar surface area (TPSA) is 33.2 Å². The first-order chi connectivity index (χ1) is 8.08. The number of aromatic nitrogens is 1. The van der Waals surface area contributed by atoms with E-state index >= 15 is 0 Å². The molecule has 1 amide bonds. The Balaban J connectivity index is 2.21. The lowest BCUT2D eigenvalue weighted by Gasteiger charge is -2.30. The number of rotatable bonds is 1. The number of hydrogen-bond donors (Lipinski definition) is 0. The number of nitrogens with zero attached hydrogens (tertiary/aromatic N) is 2. The van der Waals surface area contributed by atoms with Gasteiger partial charge < -0.3 is 4.90 Å². The van der Waals surface area contributed by atoms with Gasteiger partial charge in [0.15, 0.2) is 0 Å². The standard InChI is InChI=1S/C11H12Cl2N2OS/c1-7-6-15(2-3-17-7)11(16)8-4-10(13)14-5-9(8)12/h4-5,7H,2-3,6H2,1H3. The third kappa shape index (κ3) is 3.06. The van der Waals surface area contributed by atoms with Crippen molar-refractivity contribution in [3.8, 4) is 0 Å². The van der Waals surface area contributed by atoms with E-state index in [2.05, 4.69) is 11.9 Å². The summed E-state index contributed by atoms with van der Waals surface area (Å²) < 4.78 is 0. The van der Waals surface area contributed by atoms with Gasteiger partial charge >= 0.3 is 0 Å². The van der Waals surface area contributed by atoms with Gasteiger partial charge in [-0.25, -0.2) is 4.98 Å². The lowest BCUT2D eigenvalue weighted by atomic mass is 10.2. The largest absolute Gasteiger partial charge is 0.337 e. The predicted octanol–water partition coefficient (Wildman–Crippen LogP) is 2.97. The van der Waals surface area contributed by atoms with Crippen LogP contribution in [-0.4, -0.2) is 39.9 Å². The molecule has 0 radical (unpaired) electrons. The average molecular weight is 291 g/mol. The van der Waals surface area contributed by atoms with E-state index in [1.54, 1.807) is 0 Å². The number of pyridine rings is 1. The number of carbonyl (C=O) groups is 1. The molecule has 0 saturated carbocycles. The number of amides is 1. The molecule has 92 valence electrons. The Labute approximate surface area is 114 Å². The van der Waals surface area contributed by atoms with E-state index in [0.717, 1.165) is 18.8 Å². The summed E-state index contributed by atoms with van der Waals surface area (Å²) in [5, 5.41) is 1.10. The minimum Gasteiger partial charge on any atom is -0.337 e. The number of hydrogen-bond acceptors (Lipinski definition) is 3. The van der Waals surface area contributed by atoms with Crippen molar-refractivity contribution in [1.82, 2.24) is 9.88 Å². The summed E-state index contributed by atoms with van der Waals surface area (Å²) in [5.41, 5.74) is 0.436. The van der Waals surface area contributed by atoms with Crippen molar-refractivity contribution in [3.63, 3.8) is 0 Å². The molecule has 0 spiro atoms. The summed E-state index contributed by atoms with van der Waals surface area (Å²) in [6.07, 6.45) is 1.42. The molecular weight excluding hydrogens is 279 g/mol. The first kappa shape index (κ1) is 13.0. The molecule has 2 rings (SSSR count). The van der Waals surface area contributed by atoms with E-state index in [9.17, 15) is 4.79 Å². The Kier molecular flexibility index (Phi) is 4.17. The first-order valence-corrected chi connectivity index (χ1v) is 7.10. The van der Waals surface area contributed by atoms with E-state index < -0.39 is 0 Å². The summed E-state index contributed by atoms with van der Waals surface area (Å²) in [7, 11) is 0. The van der Waals surface area contributed by atoms with Crippen molar-refractivity contribution in [3.05, 3.63) is 28.0 Å². The molecule has 1 aromatic heterocycles. The Morgan fingerprint density at radius 3 is 3.06 bits per heavy atom. The molecular formula is C11H12Cl2N2OS. The van der Waals surface area contributed by atoms with Gasteiger partial charge in [0.25, 0.3) is 5.91 Å². The molecule has 0 aromatic carbocycles. The van der Waals surface area contributed by atoms with Crippen molar-refractivity contribution in [2.45, 2.75) is 12.2 Å². The zero-order chi connectivity index (χ0) is 12.4. The zero-order valence-electron chi connectivity index (χ0n) is 9.32. The van der Waals surface area contributed by atoms with Gasteiger partial charge in [-0.05, 0) is 6.07 Å². The number of carbonyl (C=O) groups excluding carboxylic acids is 1. The highest BCUT2D eigenvalue weighted by molar-refractivity contribution is 7.99. The molecule has 0 bridgehead atoms. The smallest absolute Gasteiger partial charge is 0.255 e. The second-order valence-corrected chi connectivity index (χ2v) is 6.26. The molecule has 17 heavy (non-hydrogen) atoms. The molecule has 1 atom stereocenters. The van der Waals surface area contributed by atoms with Crippen molar-refractivity contribution < 1.29 is 4.79 Å². The van der Waals surface area contributed by atoms with Crippen LogP contribution in [0.4, 0.5) is 0 Å². The lowest BCUT2D eigenvalue weighted by molar-refractivity contribution is 0.0763. The molecule has 0 aliphatic carbocycles. The zero-order valence-corrected chi connectivity index (χ0v) is 11.6. The molecule has 3 nitrogen and oxygen atoms in total. The van der Waals surface area contributed by atoms with Crippen LogP contribution in [0.5, 0.6) is 0 Å². The van der Waals surface area contributed by atoms with Gasteiger partial charge in [0.1, 0.15) is 5.15 Å². The van der Waals surface area contributed by atoms with Crippen molar-refractivity contribution in [2.75, 3.05) is 18.8 Å². The minimum atomic E-state index is -0.0635. The molecule has 1 aromatic rings. The van der Waals surface area contributed by atoms with E-state index in [1.807, 2.05) is 16.7 Å². The van der Waals surface area contributed by atoms with E-state index in [4.69, 9.17) is 23.2 Å². The van der Waals surface area contributed by atoms with E-state index in [-0.39, 0.29) is 11.1 Å². The monoisotopic (exact) mass is 290 g/mol. The van der Waals surface area contributed by atoms with Gasteiger partial charge in [0, 0.05) is 30.3 Å². The van der Waals surface area contributed by atoms with Gasteiger partial charge in [-0.2, -0.15) is 11.8 Å². The molecule has 6 heteroatoms. The minimum absolute atomic E-state index is 0.0635. The van der Waals surface area contributed by atoms with E-state index in [0.29, 0.717) is 15.8 Å². The second kappa shape index (κ2) is 5.46. The summed E-state index contributed by atoms with van der Waals surface area (Å²) in [6.45, 7) is 3.62. The highest BCUT2D eigenvalue weighted by Crippen LogP contribution is 2.23. The van der Waals surface area contributed by atoms with Crippen LogP contribution in [0.2, 0.25) is 10.2 Å². The molecule has 1 saturated heterocycles. The van der Waals surface area contributed by atoms with E-state index in [1.165, 1.54) is 12.3 Å². The number of halogens is 2. The summed E-state index contributed by atoms with van der Waals surface area (Å²) in [6, 6.07) is 1.53. The summed E-state index contributed by atoms with van der Waals surface area (Å²) in [4.78, 5) is 17.9. The summed E-state index contributed by atoms with van der Waals surface area (Å²) in [5.74, 6) is 0.898. The normalized spacial score (nSPS) is 20.4. The molecule has 1 unspecified atom stereocenters. The average Bonchev–Trinajstić information content (AvgIpc) is 2.31. The third-order valence-electron chi connectivity index (χ3n) is 2.58. The fourth-order valence-electron chi connectivity index (χ4n) is 1.75. The Morgan fingerprint density at radius 1 is 1.59 bits per heavy atom. The summed E-state index contributed by atoms with van der Waals surface area (Å²) >= 11 is 13.6. The molecule has 2 heterocycles.